The van der Waals surface area contributed by atoms with Gasteiger partial charge in [0.2, 0.25) is 5.91 Å². The molecule has 0 saturated heterocycles. The number of hydrogen-bond acceptors (Lipinski definition) is 3. The molecule has 2 rings (SSSR count). The molecule has 1 fully saturated rings. The van der Waals surface area contributed by atoms with Crippen LogP contribution in [0, 0.1) is 12.8 Å². The maximum absolute atomic E-state index is 11.7. The van der Waals surface area contributed by atoms with Gasteiger partial charge in [-0.15, -0.1) is 0 Å². The van der Waals surface area contributed by atoms with E-state index in [0.717, 1.165) is 11.5 Å². The second-order valence-corrected chi connectivity index (χ2v) is 4.91. The van der Waals surface area contributed by atoms with Crippen molar-refractivity contribution in [3.8, 4) is 0 Å². The summed E-state index contributed by atoms with van der Waals surface area (Å²) in [7, 11) is 0. The summed E-state index contributed by atoms with van der Waals surface area (Å²) in [6.07, 6.45) is 6.96. The Bertz CT molecular complexity index is 367. The van der Waals surface area contributed by atoms with E-state index in [2.05, 4.69) is 10.5 Å². The first kappa shape index (κ1) is 12.1. The lowest BCUT2D eigenvalue weighted by Crippen LogP contribution is -2.26. The van der Waals surface area contributed by atoms with E-state index >= 15 is 0 Å². The van der Waals surface area contributed by atoms with Crippen LogP contribution >= 0.6 is 0 Å². The Labute approximate surface area is 102 Å². The number of nitrogens with one attached hydrogen (secondary N) is 1. The summed E-state index contributed by atoms with van der Waals surface area (Å²) in [6, 6.07) is 1.85. The van der Waals surface area contributed by atoms with E-state index in [1.807, 2.05) is 13.0 Å². The van der Waals surface area contributed by atoms with Gasteiger partial charge in [-0.25, -0.2) is 0 Å². The molecule has 0 radical (unpaired) electrons. The Morgan fingerprint density at radius 3 is 2.88 bits per heavy atom. The largest absolute Gasteiger partial charge is 0.361 e. The SMILES string of the molecule is Cc1cc(CNC(=O)CC2CCCCC2)no1. The van der Waals surface area contributed by atoms with Crippen LogP contribution in [0.3, 0.4) is 0 Å². The van der Waals surface area contributed by atoms with Crippen molar-refractivity contribution >= 4 is 5.91 Å². The highest BCUT2D eigenvalue weighted by molar-refractivity contribution is 5.76. The molecule has 1 aliphatic rings. The number of rotatable bonds is 4. The number of aromatic nitrogens is 1. The number of carbonyl (C=O) groups is 1. The smallest absolute Gasteiger partial charge is 0.220 e. The Morgan fingerprint density at radius 2 is 2.24 bits per heavy atom. The van der Waals surface area contributed by atoms with E-state index < -0.39 is 0 Å². The average molecular weight is 236 g/mol. The predicted molar refractivity (Wildman–Crippen MR) is 64.3 cm³/mol. The fourth-order valence-electron chi connectivity index (χ4n) is 2.42. The lowest BCUT2D eigenvalue weighted by Gasteiger charge is -2.20. The molecular formula is C13H20N2O2. The van der Waals surface area contributed by atoms with Crippen molar-refractivity contribution in [1.82, 2.24) is 10.5 Å². The quantitative estimate of drug-likeness (QED) is 0.874. The van der Waals surface area contributed by atoms with Gasteiger partial charge >= 0.3 is 0 Å². The van der Waals surface area contributed by atoms with Crippen molar-refractivity contribution in [3.05, 3.63) is 17.5 Å². The van der Waals surface area contributed by atoms with Gasteiger partial charge in [0.15, 0.2) is 0 Å². The third-order valence-corrected chi connectivity index (χ3v) is 3.34. The molecule has 1 amide bonds. The van der Waals surface area contributed by atoms with Gasteiger partial charge in [0.05, 0.1) is 6.54 Å². The molecule has 0 atom stereocenters. The van der Waals surface area contributed by atoms with Crippen molar-refractivity contribution in [2.24, 2.45) is 5.92 Å². The van der Waals surface area contributed by atoms with E-state index in [1.54, 1.807) is 0 Å². The van der Waals surface area contributed by atoms with Gasteiger partial charge in [0.25, 0.3) is 0 Å². The molecule has 0 spiro atoms. The standard InChI is InChI=1S/C13H20N2O2/c1-10-7-12(15-17-10)9-14-13(16)8-11-5-3-2-4-6-11/h7,11H,2-6,8-9H2,1H3,(H,14,16). The highest BCUT2D eigenvalue weighted by atomic mass is 16.5. The summed E-state index contributed by atoms with van der Waals surface area (Å²) in [6.45, 7) is 2.32. The average Bonchev–Trinajstić information content (AvgIpc) is 2.74. The second kappa shape index (κ2) is 5.84. The van der Waals surface area contributed by atoms with Gasteiger partial charge < -0.3 is 9.84 Å². The molecule has 1 aromatic heterocycles. The molecule has 1 N–H and O–H groups in total. The van der Waals surface area contributed by atoms with Crippen LogP contribution in [0.15, 0.2) is 10.6 Å². The minimum Gasteiger partial charge on any atom is -0.361 e. The summed E-state index contributed by atoms with van der Waals surface area (Å²) < 4.78 is 4.95. The molecule has 0 aromatic carbocycles. The number of carbonyl (C=O) groups excluding carboxylic acids is 1. The third kappa shape index (κ3) is 3.88. The number of hydrogen-bond donors (Lipinski definition) is 1. The fraction of sp³-hybridized carbons (Fsp3) is 0.692. The van der Waals surface area contributed by atoms with Crippen molar-refractivity contribution in [2.45, 2.75) is 52.0 Å². The minimum absolute atomic E-state index is 0.137. The Balaban J connectivity index is 1.70. The number of amides is 1. The Morgan fingerprint density at radius 1 is 1.47 bits per heavy atom. The highest BCUT2D eigenvalue weighted by Gasteiger charge is 2.16. The van der Waals surface area contributed by atoms with Crippen LogP contribution in [0.4, 0.5) is 0 Å². The van der Waals surface area contributed by atoms with Crippen LogP contribution in [0.1, 0.15) is 50.0 Å². The van der Waals surface area contributed by atoms with E-state index in [1.165, 1.54) is 32.1 Å². The van der Waals surface area contributed by atoms with Gasteiger partial charge in [0.1, 0.15) is 11.5 Å². The molecule has 4 heteroatoms. The topological polar surface area (TPSA) is 55.1 Å². The first-order valence-electron chi connectivity index (χ1n) is 6.43. The predicted octanol–water partition coefficient (Wildman–Crippen LogP) is 2.57. The van der Waals surface area contributed by atoms with E-state index in [4.69, 9.17) is 4.52 Å². The van der Waals surface area contributed by atoms with Crippen LogP contribution in [0.5, 0.6) is 0 Å². The van der Waals surface area contributed by atoms with Crippen molar-refractivity contribution in [3.63, 3.8) is 0 Å². The van der Waals surface area contributed by atoms with E-state index in [-0.39, 0.29) is 5.91 Å². The van der Waals surface area contributed by atoms with Crippen LogP contribution < -0.4 is 5.32 Å². The molecular weight excluding hydrogens is 216 g/mol. The molecule has 1 saturated carbocycles. The van der Waals surface area contributed by atoms with Gasteiger partial charge in [-0.2, -0.15) is 0 Å². The zero-order valence-corrected chi connectivity index (χ0v) is 10.4. The summed E-state index contributed by atoms with van der Waals surface area (Å²) in [5, 5.41) is 6.74. The highest BCUT2D eigenvalue weighted by Crippen LogP contribution is 2.26. The van der Waals surface area contributed by atoms with Gasteiger partial charge in [0, 0.05) is 12.5 Å². The molecule has 0 bridgehead atoms. The molecule has 94 valence electrons. The number of aryl methyl sites for hydroxylation is 1. The van der Waals surface area contributed by atoms with Gasteiger partial charge in [-0.05, 0) is 25.7 Å². The van der Waals surface area contributed by atoms with Crippen LogP contribution in [-0.4, -0.2) is 11.1 Å². The second-order valence-electron chi connectivity index (χ2n) is 4.91. The van der Waals surface area contributed by atoms with E-state index in [0.29, 0.717) is 18.9 Å². The molecule has 1 heterocycles. The molecule has 1 aliphatic carbocycles. The maximum Gasteiger partial charge on any atom is 0.220 e. The molecule has 1 aromatic rings. The van der Waals surface area contributed by atoms with Crippen LogP contribution in [-0.2, 0) is 11.3 Å². The normalized spacial score (nSPS) is 17.0. The zero-order chi connectivity index (χ0) is 12.1. The van der Waals surface area contributed by atoms with Crippen molar-refractivity contribution < 1.29 is 9.32 Å². The molecule has 0 aliphatic heterocycles. The summed E-state index contributed by atoms with van der Waals surface area (Å²) in [4.78, 5) is 11.7. The Kier molecular flexibility index (Phi) is 4.18. The fourth-order valence-corrected chi connectivity index (χ4v) is 2.42. The molecule has 0 unspecified atom stereocenters. The maximum atomic E-state index is 11.7. The van der Waals surface area contributed by atoms with Crippen LogP contribution in [0.2, 0.25) is 0 Å². The van der Waals surface area contributed by atoms with Crippen LogP contribution in [0.25, 0.3) is 0 Å². The monoisotopic (exact) mass is 236 g/mol. The summed E-state index contributed by atoms with van der Waals surface area (Å²) in [5.41, 5.74) is 0.791. The third-order valence-electron chi connectivity index (χ3n) is 3.34. The molecule has 4 nitrogen and oxygen atoms in total. The lowest BCUT2D eigenvalue weighted by molar-refractivity contribution is -0.122. The number of nitrogens with zero attached hydrogens (tertiary/aromatic N) is 1. The van der Waals surface area contributed by atoms with Gasteiger partial charge in [-0.1, -0.05) is 24.4 Å². The first-order chi connectivity index (χ1) is 8.24. The zero-order valence-electron chi connectivity index (χ0n) is 10.4. The minimum atomic E-state index is 0.137. The lowest BCUT2D eigenvalue weighted by atomic mass is 9.87. The van der Waals surface area contributed by atoms with E-state index in [9.17, 15) is 4.79 Å². The molecule has 17 heavy (non-hydrogen) atoms. The van der Waals surface area contributed by atoms with Crippen molar-refractivity contribution in [1.29, 1.82) is 0 Å². The Hall–Kier alpha value is -1.32. The summed E-state index contributed by atoms with van der Waals surface area (Å²) in [5.74, 6) is 1.50. The van der Waals surface area contributed by atoms with Crippen molar-refractivity contribution in [2.75, 3.05) is 0 Å². The summed E-state index contributed by atoms with van der Waals surface area (Å²) >= 11 is 0. The van der Waals surface area contributed by atoms with Gasteiger partial charge in [-0.3, -0.25) is 4.79 Å². The first-order valence-corrected chi connectivity index (χ1v) is 6.43.